The van der Waals surface area contributed by atoms with E-state index >= 15 is 0 Å². The summed E-state index contributed by atoms with van der Waals surface area (Å²) in [6.07, 6.45) is 0.185. The van der Waals surface area contributed by atoms with Gasteiger partial charge in [-0.05, 0) is 37.9 Å². The molecule has 0 fully saturated rings. The SMILES string of the molecule is C=C(C)C(C)O[Si](C)(C)C(C)(C)C(C)C. The summed E-state index contributed by atoms with van der Waals surface area (Å²) >= 11 is 0. The fraction of sp³-hybridized carbons (Fsp3) is 0.846. The van der Waals surface area contributed by atoms with Gasteiger partial charge in [0.05, 0.1) is 6.10 Å². The van der Waals surface area contributed by atoms with E-state index in [1.165, 1.54) is 0 Å². The van der Waals surface area contributed by atoms with Crippen molar-refractivity contribution in [3.8, 4) is 0 Å². The van der Waals surface area contributed by atoms with Crippen molar-refractivity contribution in [2.75, 3.05) is 0 Å². The van der Waals surface area contributed by atoms with Crippen LogP contribution in [0.25, 0.3) is 0 Å². The summed E-state index contributed by atoms with van der Waals surface area (Å²) in [5, 5.41) is 0.288. The van der Waals surface area contributed by atoms with Crippen LogP contribution in [0.2, 0.25) is 18.1 Å². The number of hydrogen-bond acceptors (Lipinski definition) is 1. The van der Waals surface area contributed by atoms with E-state index in [2.05, 4.69) is 54.3 Å². The van der Waals surface area contributed by atoms with Crippen LogP contribution in [-0.4, -0.2) is 14.4 Å². The highest BCUT2D eigenvalue weighted by molar-refractivity contribution is 6.74. The van der Waals surface area contributed by atoms with E-state index in [-0.39, 0.29) is 11.1 Å². The standard InChI is InChI=1S/C13H28OSi/c1-10(2)12(5)14-15(8,9)13(6,7)11(3)4/h11-12H,1H2,2-9H3. The molecule has 0 heterocycles. The Labute approximate surface area is 97.0 Å². The molecular formula is C13H28OSi. The fourth-order valence-corrected chi connectivity index (χ4v) is 4.17. The summed E-state index contributed by atoms with van der Waals surface area (Å²) in [6.45, 7) is 22.0. The Bertz CT molecular complexity index is 229. The quantitative estimate of drug-likeness (QED) is 0.493. The fourth-order valence-electron chi connectivity index (χ4n) is 1.39. The molecule has 1 unspecified atom stereocenters. The van der Waals surface area contributed by atoms with Crippen LogP contribution in [0, 0.1) is 5.92 Å². The molecule has 0 saturated heterocycles. The average molecular weight is 228 g/mol. The molecule has 1 nitrogen and oxygen atoms in total. The molecule has 0 aromatic carbocycles. The van der Waals surface area contributed by atoms with Crippen molar-refractivity contribution in [1.82, 2.24) is 0 Å². The molecule has 1 atom stereocenters. The highest BCUT2D eigenvalue weighted by atomic mass is 28.4. The van der Waals surface area contributed by atoms with E-state index in [1.54, 1.807) is 0 Å². The lowest BCUT2D eigenvalue weighted by atomic mass is 9.99. The predicted octanol–water partition coefficient (Wildman–Crippen LogP) is 4.61. The van der Waals surface area contributed by atoms with Crippen LogP contribution in [0.1, 0.15) is 41.5 Å². The van der Waals surface area contributed by atoms with Crippen LogP contribution < -0.4 is 0 Å². The molecule has 90 valence electrons. The van der Waals surface area contributed by atoms with Gasteiger partial charge in [-0.15, -0.1) is 0 Å². The zero-order valence-corrected chi connectivity index (χ0v) is 12.8. The monoisotopic (exact) mass is 228 g/mol. The molecule has 0 N–H and O–H groups in total. The minimum atomic E-state index is -1.68. The maximum absolute atomic E-state index is 6.26. The van der Waals surface area contributed by atoms with Crippen LogP contribution in [0.15, 0.2) is 12.2 Å². The van der Waals surface area contributed by atoms with Crippen molar-refractivity contribution >= 4 is 8.32 Å². The first-order valence-electron chi connectivity index (χ1n) is 5.85. The summed E-state index contributed by atoms with van der Waals surface area (Å²) in [5.41, 5.74) is 1.12. The van der Waals surface area contributed by atoms with Gasteiger partial charge in [-0.2, -0.15) is 0 Å². The zero-order chi connectivity index (χ0) is 12.4. The molecule has 0 aliphatic carbocycles. The highest BCUT2D eigenvalue weighted by Gasteiger charge is 2.44. The first kappa shape index (κ1) is 14.9. The second kappa shape index (κ2) is 4.83. The Morgan fingerprint density at radius 2 is 1.60 bits per heavy atom. The van der Waals surface area contributed by atoms with E-state index in [4.69, 9.17) is 4.43 Å². The van der Waals surface area contributed by atoms with Crippen LogP contribution in [-0.2, 0) is 4.43 Å². The van der Waals surface area contributed by atoms with Crippen molar-refractivity contribution < 1.29 is 4.43 Å². The molecule has 15 heavy (non-hydrogen) atoms. The second-order valence-electron chi connectivity index (χ2n) is 5.99. The van der Waals surface area contributed by atoms with Gasteiger partial charge in [0, 0.05) is 0 Å². The molecule has 0 radical (unpaired) electrons. The maximum atomic E-state index is 6.26. The Morgan fingerprint density at radius 3 is 1.87 bits per heavy atom. The predicted molar refractivity (Wildman–Crippen MR) is 71.7 cm³/mol. The van der Waals surface area contributed by atoms with Crippen molar-refractivity contribution in [2.45, 2.75) is 65.8 Å². The minimum Gasteiger partial charge on any atom is -0.411 e. The van der Waals surface area contributed by atoms with Crippen molar-refractivity contribution in [3.05, 3.63) is 12.2 Å². The first-order valence-corrected chi connectivity index (χ1v) is 8.76. The lowest BCUT2D eigenvalue weighted by Crippen LogP contribution is -2.47. The number of rotatable bonds is 5. The third-order valence-electron chi connectivity index (χ3n) is 4.16. The van der Waals surface area contributed by atoms with Gasteiger partial charge in [0.25, 0.3) is 0 Å². The molecule has 0 saturated carbocycles. The molecule has 0 rings (SSSR count). The van der Waals surface area contributed by atoms with Gasteiger partial charge in [0.1, 0.15) is 0 Å². The Kier molecular flexibility index (Phi) is 4.81. The molecule has 0 spiro atoms. The van der Waals surface area contributed by atoms with Crippen LogP contribution in [0.3, 0.4) is 0 Å². The Hall–Kier alpha value is -0.0831. The van der Waals surface area contributed by atoms with E-state index in [1.807, 2.05) is 6.92 Å². The highest BCUT2D eigenvalue weighted by Crippen LogP contribution is 2.45. The lowest BCUT2D eigenvalue weighted by molar-refractivity contribution is 0.219. The van der Waals surface area contributed by atoms with E-state index in [0.29, 0.717) is 5.92 Å². The van der Waals surface area contributed by atoms with Gasteiger partial charge in [0.15, 0.2) is 8.32 Å². The molecule has 2 heteroatoms. The van der Waals surface area contributed by atoms with Gasteiger partial charge in [0.2, 0.25) is 0 Å². The Morgan fingerprint density at radius 1 is 1.20 bits per heavy atom. The zero-order valence-electron chi connectivity index (χ0n) is 11.8. The third kappa shape index (κ3) is 3.46. The van der Waals surface area contributed by atoms with Crippen molar-refractivity contribution in [1.29, 1.82) is 0 Å². The molecule has 0 bridgehead atoms. The van der Waals surface area contributed by atoms with Crippen LogP contribution >= 0.6 is 0 Å². The van der Waals surface area contributed by atoms with E-state index in [9.17, 15) is 0 Å². The molecule has 0 amide bonds. The summed E-state index contributed by atoms with van der Waals surface area (Å²) in [5.74, 6) is 0.650. The molecule has 0 aromatic rings. The maximum Gasteiger partial charge on any atom is 0.193 e. The minimum absolute atomic E-state index is 0.185. The van der Waals surface area contributed by atoms with Gasteiger partial charge in [-0.1, -0.05) is 39.8 Å². The number of hydrogen-bond donors (Lipinski definition) is 0. The van der Waals surface area contributed by atoms with E-state index < -0.39 is 8.32 Å². The first-order chi connectivity index (χ1) is 6.52. The molecule has 0 aliphatic heterocycles. The summed E-state index contributed by atoms with van der Waals surface area (Å²) < 4.78 is 6.26. The molecule has 0 aromatic heterocycles. The summed E-state index contributed by atoms with van der Waals surface area (Å²) in [4.78, 5) is 0. The van der Waals surface area contributed by atoms with Gasteiger partial charge in [-0.25, -0.2) is 0 Å². The van der Waals surface area contributed by atoms with Gasteiger partial charge >= 0.3 is 0 Å². The topological polar surface area (TPSA) is 9.23 Å². The van der Waals surface area contributed by atoms with Crippen molar-refractivity contribution in [3.63, 3.8) is 0 Å². The van der Waals surface area contributed by atoms with Gasteiger partial charge < -0.3 is 4.43 Å². The largest absolute Gasteiger partial charge is 0.411 e. The summed E-state index contributed by atoms with van der Waals surface area (Å²) in [7, 11) is -1.68. The normalized spacial score (nSPS) is 15.5. The van der Waals surface area contributed by atoms with Gasteiger partial charge in [-0.3, -0.25) is 0 Å². The van der Waals surface area contributed by atoms with Crippen LogP contribution in [0.4, 0.5) is 0 Å². The molecule has 0 aliphatic rings. The van der Waals surface area contributed by atoms with E-state index in [0.717, 1.165) is 5.57 Å². The molecular weight excluding hydrogens is 200 g/mol. The Balaban J connectivity index is 4.75. The van der Waals surface area contributed by atoms with Crippen molar-refractivity contribution in [2.24, 2.45) is 5.92 Å². The average Bonchev–Trinajstić information content (AvgIpc) is 2.02. The summed E-state index contributed by atoms with van der Waals surface area (Å²) in [6, 6.07) is 0. The lowest BCUT2D eigenvalue weighted by Gasteiger charge is -2.44. The second-order valence-corrected chi connectivity index (χ2v) is 10.5. The third-order valence-corrected chi connectivity index (χ3v) is 8.78. The van der Waals surface area contributed by atoms with Crippen LogP contribution in [0.5, 0.6) is 0 Å². The smallest absolute Gasteiger partial charge is 0.193 e.